The molecule has 2 aromatic rings. The van der Waals surface area contributed by atoms with Crippen molar-refractivity contribution >= 4 is 35.2 Å². The van der Waals surface area contributed by atoms with Gasteiger partial charge in [0, 0.05) is 17.0 Å². The van der Waals surface area contributed by atoms with Gasteiger partial charge in [0.1, 0.15) is 6.04 Å². The van der Waals surface area contributed by atoms with Crippen molar-refractivity contribution in [1.29, 1.82) is 0 Å². The van der Waals surface area contributed by atoms with Crippen molar-refractivity contribution in [3.63, 3.8) is 0 Å². The van der Waals surface area contributed by atoms with E-state index in [2.05, 4.69) is 5.32 Å². The van der Waals surface area contributed by atoms with Crippen LogP contribution in [-0.4, -0.2) is 61.1 Å². The molecule has 1 heterocycles. The molecule has 2 aromatic carbocycles. The summed E-state index contributed by atoms with van der Waals surface area (Å²) < 4.78 is 16.1. The zero-order valence-electron chi connectivity index (χ0n) is 19.0. The Morgan fingerprint density at radius 1 is 1.09 bits per heavy atom. The number of rotatable bonds is 8. The molecule has 1 unspecified atom stereocenters. The predicted octanol–water partition coefficient (Wildman–Crippen LogP) is 2.34. The summed E-state index contributed by atoms with van der Waals surface area (Å²) in [6.45, 7) is 3.61. The van der Waals surface area contributed by atoms with Crippen LogP contribution in [0.25, 0.3) is 0 Å². The Hall–Kier alpha value is -3.40. The van der Waals surface area contributed by atoms with Crippen molar-refractivity contribution in [2.75, 3.05) is 37.8 Å². The van der Waals surface area contributed by atoms with E-state index in [1.807, 2.05) is 32.0 Å². The molecule has 1 aliphatic heterocycles. The van der Waals surface area contributed by atoms with Gasteiger partial charge in [-0.2, -0.15) is 0 Å². The maximum absolute atomic E-state index is 13.3. The Labute approximate surface area is 196 Å². The number of benzene rings is 2. The zero-order valence-corrected chi connectivity index (χ0v) is 19.8. The zero-order chi connectivity index (χ0) is 24.1. The molecule has 10 heteroatoms. The number of hydrogen-bond acceptors (Lipinski definition) is 7. The van der Waals surface area contributed by atoms with Gasteiger partial charge in [0.2, 0.25) is 11.7 Å². The van der Waals surface area contributed by atoms with Gasteiger partial charge >= 0.3 is 0 Å². The molecule has 3 N–H and O–H groups in total. The van der Waals surface area contributed by atoms with Crippen LogP contribution in [-0.2, 0) is 9.59 Å². The van der Waals surface area contributed by atoms with E-state index in [0.29, 0.717) is 17.3 Å². The highest BCUT2D eigenvalue weighted by Gasteiger charge is 2.36. The molecule has 176 valence electrons. The second kappa shape index (κ2) is 10.5. The number of thioether (sulfide) groups is 1. The molecule has 0 bridgehead atoms. The highest BCUT2D eigenvalue weighted by Crippen LogP contribution is 2.39. The van der Waals surface area contributed by atoms with E-state index in [-0.39, 0.29) is 41.2 Å². The van der Waals surface area contributed by atoms with E-state index >= 15 is 0 Å². The summed E-state index contributed by atoms with van der Waals surface area (Å²) in [5.41, 5.74) is 8.30. The smallest absolute Gasteiger partial charge is 0.255 e. The molecule has 0 spiro atoms. The second-order valence-electron chi connectivity index (χ2n) is 7.54. The monoisotopic (exact) mass is 473 g/mol. The molecule has 1 saturated heterocycles. The van der Waals surface area contributed by atoms with Crippen LogP contribution < -0.4 is 25.3 Å². The number of methoxy groups -OCH3 is 2. The number of nitrogens with zero attached hydrogens (tertiary/aromatic N) is 1. The first-order valence-corrected chi connectivity index (χ1v) is 11.3. The quantitative estimate of drug-likeness (QED) is 0.604. The molecular formula is C23H27N3O6S. The first-order chi connectivity index (χ1) is 15.7. The van der Waals surface area contributed by atoms with E-state index in [4.69, 9.17) is 19.9 Å². The number of aryl methyl sites for hydroxylation is 2. The van der Waals surface area contributed by atoms with Crippen LogP contribution in [0.5, 0.6) is 17.2 Å². The fourth-order valence-corrected chi connectivity index (χ4v) is 4.51. The molecule has 1 atom stereocenters. The molecule has 3 amide bonds. The molecule has 0 radical (unpaired) electrons. The number of nitrogens with one attached hydrogen (secondary N) is 1. The van der Waals surface area contributed by atoms with Crippen molar-refractivity contribution < 1.29 is 28.6 Å². The van der Waals surface area contributed by atoms with Crippen LogP contribution in [0.3, 0.4) is 0 Å². The average molecular weight is 474 g/mol. The lowest BCUT2D eigenvalue weighted by atomic mass is 10.1. The molecule has 1 aliphatic rings. The number of primary amides is 1. The van der Waals surface area contributed by atoms with Crippen molar-refractivity contribution in [3.05, 3.63) is 47.0 Å². The third-order valence-electron chi connectivity index (χ3n) is 5.29. The van der Waals surface area contributed by atoms with Crippen LogP contribution in [0.2, 0.25) is 0 Å². The number of amides is 3. The summed E-state index contributed by atoms with van der Waals surface area (Å²) in [6.07, 6.45) is 0. The van der Waals surface area contributed by atoms with Crippen LogP contribution in [0.4, 0.5) is 5.69 Å². The molecule has 0 aromatic heterocycles. The third-order valence-corrected chi connectivity index (χ3v) is 6.30. The topological polar surface area (TPSA) is 120 Å². The summed E-state index contributed by atoms with van der Waals surface area (Å²) >= 11 is 1.50. The van der Waals surface area contributed by atoms with Gasteiger partial charge in [-0.25, -0.2) is 0 Å². The van der Waals surface area contributed by atoms with Crippen LogP contribution in [0.15, 0.2) is 30.3 Å². The summed E-state index contributed by atoms with van der Waals surface area (Å²) in [5.74, 6) is 0.172. The van der Waals surface area contributed by atoms with Crippen LogP contribution in [0.1, 0.15) is 21.5 Å². The molecule has 3 rings (SSSR count). The molecular weight excluding hydrogens is 446 g/mol. The lowest BCUT2D eigenvalue weighted by Gasteiger charge is -2.24. The first-order valence-electron chi connectivity index (χ1n) is 10.2. The number of anilines is 1. The van der Waals surface area contributed by atoms with E-state index in [1.54, 1.807) is 0 Å². The Kier molecular flexibility index (Phi) is 7.70. The van der Waals surface area contributed by atoms with Gasteiger partial charge in [-0.15, -0.1) is 11.8 Å². The highest BCUT2D eigenvalue weighted by molar-refractivity contribution is 7.99. The van der Waals surface area contributed by atoms with Gasteiger partial charge in [-0.1, -0.05) is 6.07 Å². The summed E-state index contributed by atoms with van der Waals surface area (Å²) in [4.78, 5) is 38.9. The molecule has 0 aliphatic carbocycles. The average Bonchev–Trinajstić information content (AvgIpc) is 3.29. The summed E-state index contributed by atoms with van der Waals surface area (Å²) in [5, 5.41) is 2.91. The molecule has 9 nitrogen and oxygen atoms in total. The minimum Gasteiger partial charge on any atom is -0.493 e. The maximum atomic E-state index is 13.3. The van der Waals surface area contributed by atoms with Gasteiger partial charge in [0.15, 0.2) is 18.1 Å². The lowest BCUT2D eigenvalue weighted by molar-refractivity contribution is -0.120. The van der Waals surface area contributed by atoms with Gasteiger partial charge in [-0.3, -0.25) is 14.4 Å². The van der Waals surface area contributed by atoms with Gasteiger partial charge in [0.05, 0.1) is 20.1 Å². The first kappa shape index (κ1) is 24.2. The summed E-state index contributed by atoms with van der Waals surface area (Å²) in [6, 6.07) is 8.03. The Balaban J connectivity index is 1.83. The van der Waals surface area contributed by atoms with Crippen molar-refractivity contribution in [2.24, 2.45) is 5.73 Å². The minimum atomic E-state index is -0.661. The van der Waals surface area contributed by atoms with Crippen molar-refractivity contribution in [3.8, 4) is 17.2 Å². The van der Waals surface area contributed by atoms with Gasteiger partial charge < -0.3 is 30.2 Å². The Morgan fingerprint density at radius 3 is 2.33 bits per heavy atom. The lowest BCUT2D eigenvalue weighted by Crippen LogP contribution is -2.44. The Morgan fingerprint density at radius 2 is 1.76 bits per heavy atom. The van der Waals surface area contributed by atoms with E-state index < -0.39 is 11.9 Å². The number of hydrogen-bond donors (Lipinski definition) is 2. The van der Waals surface area contributed by atoms with Crippen molar-refractivity contribution in [2.45, 2.75) is 19.9 Å². The fraction of sp³-hybridized carbons (Fsp3) is 0.348. The predicted molar refractivity (Wildman–Crippen MR) is 126 cm³/mol. The number of ether oxygens (including phenoxy) is 3. The van der Waals surface area contributed by atoms with Crippen molar-refractivity contribution in [1.82, 2.24) is 4.90 Å². The normalized spacial score (nSPS) is 15.2. The largest absolute Gasteiger partial charge is 0.493 e. The van der Waals surface area contributed by atoms with E-state index in [1.165, 1.54) is 43.0 Å². The minimum absolute atomic E-state index is 0.162. The highest BCUT2D eigenvalue weighted by atomic mass is 32.2. The maximum Gasteiger partial charge on any atom is 0.255 e. The number of nitrogens with two attached hydrogens (primary N) is 1. The van der Waals surface area contributed by atoms with Crippen LogP contribution in [0, 0.1) is 13.8 Å². The van der Waals surface area contributed by atoms with Gasteiger partial charge in [0.25, 0.3) is 11.8 Å². The van der Waals surface area contributed by atoms with Crippen LogP contribution >= 0.6 is 11.8 Å². The standard InChI is InChI=1S/C23H27N3O6S/c1-13-5-6-16(7-14(13)2)25-22(28)17-11-33-12-26(17)23(29)15-8-18(30-3)21(19(9-15)31-4)32-10-20(24)27/h5-9,17H,10-12H2,1-4H3,(H2,24,27)(H,25,28). The number of carbonyl (C=O) groups excluding carboxylic acids is 3. The second-order valence-corrected chi connectivity index (χ2v) is 8.54. The SMILES string of the molecule is COc1cc(C(=O)N2CSCC2C(=O)Nc2ccc(C)c(C)c2)cc(OC)c1OCC(N)=O. The third kappa shape index (κ3) is 5.51. The fourth-order valence-electron chi connectivity index (χ4n) is 3.36. The van der Waals surface area contributed by atoms with E-state index in [0.717, 1.165) is 11.1 Å². The molecule has 0 saturated carbocycles. The van der Waals surface area contributed by atoms with Gasteiger partial charge in [-0.05, 0) is 49.2 Å². The molecule has 33 heavy (non-hydrogen) atoms. The summed E-state index contributed by atoms with van der Waals surface area (Å²) in [7, 11) is 2.82. The Bertz CT molecular complexity index is 1050. The number of carbonyl (C=O) groups is 3. The van der Waals surface area contributed by atoms with E-state index in [9.17, 15) is 14.4 Å². The molecule has 1 fully saturated rings.